The minimum absolute atomic E-state index is 0.0509. The monoisotopic (exact) mass is 568 g/mol. The zero-order valence-corrected chi connectivity index (χ0v) is 22.9. The van der Waals surface area contributed by atoms with Crippen LogP contribution in [0.2, 0.25) is 0 Å². The highest BCUT2D eigenvalue weighted by atomic mass is 19.3. The molecule has 1 aromatic heterocycles. The lowest BCUT2D eigenvalue weighted by atomic mass is 9.78. The maximum Gasteiger partial charge on any atom is 0.586 e. The molecule has 2 aliphatic rings. The zero-order valence-electron chi connectivity index (χ0n) is 22.9. The number of halogens is 2. The van der Waals surface area contributed by atoms with E-state index < -0.39 is 41.9 Å². The number of rotatable bonds is 9. The van der Waals surface area contributed by atoms with E-state index in [-0.39, 0.29) is 24.0 Å². The van der Waals surface area contributed by atoms with E-state index in [2.05, 4.69) is 14.8 Å². The number of aliphatic carboxylic acids is 2. The lowest BCUT2D eigenvalue weighted by Crippen LogP contribution is -2.26. The van der Waals surface area contributed by atoms with Crippen molar-refractivity contribution in [2.24, 2.45) is 11.8 Å². The first-order valence-electron chi connectivity index (χ1n) is 13.2. The van der Waals surface area contributed by atoms with Crippen LogP contribution >= 0.6 is 0 Å². The Morgan fingerprint density at radius 2 is 1.71 bits per heavy atom. The molecule has 3 N–H and O–H groups in total. The molecule has 11 heteroatoms. The average Bonchev–Trinajstić information content (AvgIpc) is 3.40. The number of ether oxygens (including phenoxy) is 3. The fourth-order valence-electron chi connectivity index (χ4n) is 5.71. The second kappa shape index (κ2) is 10.5. The smallest absolute Gasteiger partial charge is 0.497 e. The summed E-state index contributed by atoms with van der Waals surface area (Å²) in [6.45, 7) is 5.48. The number of carboxylic acid groups (broad SMARTS) is 2. The van der Waals surface area contributed by atoms with Gasteiger partial charge in [-0.15, -0.1) is 8.78 Å². The molecule has 1 aliphatic carbocycles. The molecule has 3 aromatic rings. The number of carboxylic acids is 2. The number of hydrogen-bond acceptors (Lipinski definition) is 7. The van der Waals surface area contributed by atoms with Crippen molar-refractivity contribution in [1.82, 2.24) is 4.98 Å². The molecule has 9 nitrogen and oxygen atoms in total. The second-order valence-electron chi connectivity index (χ2n) is 10.7. The third-order valence-electron chi connectivity index (χ3n) is 7.44. The summed E-state index contributed by atoms with van der Waals surface area (Å²) in [7, 11) is 1.49. The van der Waals surface area contributed by atoms with Crippen LogP contribution < -0.4 is 19.5 Å². The molecule has 4 atom stereocenters. The third-order valence-corrected chi connectivity index (χ3v) is 7.44. The summed E-state index contributed by atoms with van der Waals surface area (Å²) in [5, 5.41) is 23.5. The summed E-state index contributed by atoms with van der Waals surface area (Å²) in [6.07, 6.45) is -3.69. The summed E-state index contributed by atoms with van der Waals surface area (Å²) in [6, 6.07) is 13.1. The molecule has 0 saturated heterocycles. The molecule has 2 heterocycles. The van der Waals surface area contributed by atoms with E-state index in [1.807, 2.05) is 13.8 Å². The quantitative estimate of drug-likeness (QED) is 0.308. The van der Waals surface area contributed by atoms with E-state index in [1.54, 1.807) is 43.3 Å². The largest absolute Gasteiger partial charge is 0.586 e. The van der Waals surface area contributed by atoms with Crippen molar-refractivity contribution in [2.75, 3.05) is 12.4 Å². The molecule has 0 radical (unpaired) electrons. The van der Waals surface area contributed by atoms with Gasteiger partial charge in [0.2, 0.25) is 0 Å². The van der Waals surface area contributed by atoms with Crippen LogP contribution in [-0.2, 0) is 16.0 Å². The molecule has 0 spiro atoms. The van der Waals surface area contributed by atoms with Crippen LogP contribution in [0.5, 0.6) is 17.2 Å². The molecule has 2 unspecified atom stereocenters. The van der Waals surface area contributed by atoms with Crippen molar-refractivity contribution in [1.29, 1.82) is 0 Å². The van der Waals surface area contributed by atoms with Crippen LogP contribution in [0.25, 0.3) is 0 Å². The SMILES string of the molecule is COc1ccc([C@@H]2c3nc(NC(C)C)ccc3C(c3ccc4c(c3)OC(F)(F)O4)[C@H]2C(=O)O)c(CC(C)C(=O)O)c1. The molecule has 5 rings (SSSR count). The summed E-state index contributed by atoms with van der Waals surface area (Å²) in [5.74, 6) is -4.79. The Kier molecular flexibility index (Phi) is 7.23. The van der Waals surface area contributed by atoms with E-state index in [0.717, 1.165) is 0 Å². The summed E-state index contributed by atoms with van der Waals surface area (Å²) in [4.78, 5) is 29.7. The second-order valence-corrected chi connectivity index (χ2v) is 10.7. The summed E-state index contributed by atoms with van der Waals surface area (Å²) in [5.41, 5.74) is 2.80. The third kappa shape index (κ3) is 5.36. The van der Waals surface area contributed by atoms with E-state index in [1.165, 1.54) is 19.2 Å². The van der Waals surface area contributed by atoms with Gasteiger partial charge < -0.3 is 29.7 Å². The molecule has 0 bridgehead atoms. The van der Waals surface area contributed by atoms with Gasteiger partial charge in [-0.25, -0.2) is 4.98 Å². The number of nitrogens with one attached hydrogen (secondary N) is 1. The predicted octanol–water partition coefficient (Wildman–Crippen LogP) is 5.47. The highest BCUT2D eigenvalue weighted by Gasteiger charge is 2.50. The van der Waals surface area contributed by atoms with Gasteiger partial charge in [0, 0.05) is 17.9 Å². The summed E-state index contributed by atoms with van der Waals surface area (Å²) >= 11 is 0. The van der Waals surface area contributed by atoms with Crippen LogP contribution in [-0.4, -0.2) is 46.6 Å². The van der Waals surface area contributed by atoms with Gasteiger partial charge in [0.25, 0.3) is 0 Å². The molecule has 216 valence electrons. The van der Waals surface area contributed by atoms with Crippen LogP contribution in [0.1, 0.15) is 60.6 Å². The Labute approximate surface area is 235 Å². The van der Waals surface area contributed by atoms with Crippen LogP contribution in [0.4, 0.5) is 14.6 Å². The number of methoxy groups -OCH3 is 1. The van der Waals surface area contributed by atoms with Gasteiger partial charge >= 0.3 is 18.2 Å². The number of hydrogen-bond donors (Lipinski definition) is 3. The first-order chi connectivity index (χ1) is 19.4. The Hall–Kier alpha value is -4.41. The van der Waals surface area contributed by atoms with Gasteiger partial charge in [0.15, 0.2) is 11.5 Å². The molecule has 1 aliphatic heterocycles. The van der Waals surface area contributed by atoms with Crippen LogP contribution in [0.15, 0.2) is 48.5 Å². The van der Waals surface area contributed by atoms with Gasteiger partial charge in [-0.3, -0.25) is 9.59 Å². The Morgan fingerprint density at radius 3 is 2.37 bits per heavy atom. The van der Waals surface area contributed by atoms with E-state index >= 15 is 0 Å². The van der Waals surface area contributed by atoms with Crippen molar-refractivity contribution in [3.63, 3.8) is 0 Å². The molecule has 0 amide bonds. The van der Waals surface area contributed by atoms with Gasteiger partial charge in [-0.05, 0) is 72.9 Å². The number of benzene rings is 2. The fraction of sp³-hybridized carbons (Fsp3) is 0.367. The molecule has 0 saturated carbocycles. The van der Waals surface area contributed by atoms with E-state index in [9.17, 15) is 28.6 Å². The van der Waals surface area contributed by atoms with Crippen LogP contribution in [0, 0.1) is 11.8 Å². The van der Waals surface area contributed by atoms with Gasteiger partial charge in [-0.1, -0.05) is 25.1 Å². The number of anilines is 1. The maximum atomic E-state index is 13.8. The van der Waals surface area contributed by atoms with E-state index in [4.69, 9.17) is 9.72 Å². The predicted molar refractivity (Wildman–Crippen MR) is 144 cm³/mol. The van der Waals surface area contributed by atoms with Crippen molar-refractivity contribution >= 4 is 17.8 Å². The van der Waals surface area contributed by atoms with Crippen molar-refractivity contribution in [3.05, 3.63) is 76.5 Å². The van der Waals surface area contributed by atoms with Crippen molar-refractivity contribution < 1.29 is 42.8 Å². The zero-order chi connectivity index (χ0) is 29.6. The Morgan fingerprint density at radius 1 is 1.00 bits per heavy atom. The number of fused-ring (bicyclic) bond motifs is 2. The topological polar surface area (TPSA) is 127 Å². The number of alkyl halides is 2. The minimum Gasteiger partial charge on any atom is -0.497 e. The first-order valence-corrected chi connectivity index (χ1v) is 13.2. The van der Waals surface area contributed by atoms with Crippen LogP contribution in [0.3, 0.4) is 0 Å². The molecular formula is C30H30F2N2O7. The molecule has 41 heavy (non-hydrogen) atoms. The first kappa shape index (κ1) is 28.1. The molecule has 2 aromatic carbocycles. The lowest BCUT2D eigenvalue weighted by Gasteiger charge is -2.25. The normalized spacial score (nSPS) is 20.9. The number of nitrogens with zero attached hydrogens (tertiary/aromatic N) is 1. The standard InChI is InChI=1S/C30H30F2N2O7/c1-14(2)33-23-10-8-20-24(16-5-9-21-22(13-16)41-30(31,32)40-21)26(29(37)38)25(27(20)34-23)19-7-6-18(39-4)12-17(19)11-15(3)28(35)36/h5-10,12-15,24-26H,11H2,1-4H3,(H,33,34)(H,35,36)(H,37,38)/t15?,24?,25-,26+/m0/s1. The van der Waals surface area contributed by atoms with Gasteiger partial charge in [0.1, 0.15) is 11.6 Å². The number of pyridine rings is 1. The highest BCUT2D eigenvalue weighted by Crippen LogP contribution is 2.54. The number of aromatic nitrogens is 1. The van der Waals surface area contributed by atoms with Gasteiger partial charge in [-0.2, -0.15) is 0 Å². The fourth-order valence-corrected chi connectivity index (χ4v) is 5.71. The highest BCUT2D eigenvalue weighted by molar-refractivity contribution is 5.78. The van der Waals surface area contributed by atoms with Gasteiger partial charge in [0.05, 0.1) is 24.6 Å². The minimum atomic E-state index is -3.82. The van der Waals surface area contributed by atoms with Crippen molar-refractivity contribution in [3.8, 4) is 17.2 Å². The lowest BCUT2D eigenvalue weighted by molar-refractivity contribution is -0.286. The average molecular weight is 569 g/mol. The Balaban J connectivity index is 1.70. The van der Waals surface area contributed by atoms with Crippen molar-refractivity contribution in [2.45, 2.75) is 51.4 Å². The number of carbonyl (C=O) groups is 2. The summed E-state index contributed by atoms with van der Waals surface area (Å²) < 4.78 is 42.2. The maximum absolute atomic E-state index is 13.8. The Bertz CT molecular complexity index is 1510. The molecular weight excluding hydrogens is 538 g/mol. The molecule has 0 fully saturated rings. The van der Waals surface area contributed by atoms with E-state index in [0.29, 0.717) is 39.5 Å².